The fraction of sp³-hybridized carbons (Fsp3) is 0.182. The summed E-state index contributed by atoms with van der Waals surface area (Å²) < 4.78 is 23.6. The molecule has 5 nitrogen and oxygen atoms in total. The molecule has 0 spiro atoms. The number of nitrogens with one attached hydrogen (secondary N) is 1. The molecular weight excluding hydrogens is 393 g/mol. The zero-order valence-corrected chi connectivity index (χ0v) is 16.8. The normalized spacial score (nSPS) is 11.6. The SMILES string of the molecule is COc1ccccc1CNC(=O)[C@H](C)OC(=O)c1ccc(-c2ccc(F)cc2)s1. The molecule has 0 unspecified atom stereocenters. The van der Waals surface area contributed by atoms with E-state index in [4.69, 9.17) is 9.47 Å². The highest BCUT2D eigenvalue weighted by Gasteiger charge is 2.20. The van der Waals surface area contributed by atoms with Crippen LogP contribution in [0.3, 0.4) is 0 Å². The molecular formula is C22H20FNO4S. The number of para-hydroxylation sites is 1. The van der Waals surface area contributed by atoms with Crippen LogP contribution < -0.4 is 10.1 Å². The van der Waals surface area contributed by atoms with E-state index in [1.54, 1.807) is 37.4 Å². The molecule has 7 heteroatoms. The maximum atomic E-state index is 13.1. The summed E-state index contributed by atoms with van der Waals surface area (Å²) in [5.41, 5.74) is 1.63. The van der Waals surface area contributed by atoms with Crippen LogP contribution in [-0.4, -0.2) is 25.1 Å². The second kappa shape index (κ2) is 9.34. The van der Waals surface area contributed by atoms with E-state index in [0.29, 0.717) is 10.6 Å². The largest absolute Gasteiger partial charge is 0.496 e. The lowest BCUT2D eigenvalue weighted by atomic mass is 10.2. The molecule has 0 aliphatic carbocycles. The van der Waals surface area contributed by atoms with Crippen LogP contribution in [0, 0.1) is 5.82 Å². The van der Waals surface area contributed by atoms with E-state index < -0.39 is 18.0 Å². The number of hydrogen-bond acceptors (Lipinski definition) is 5. The quantitative estimate of drug-likeness (QED) is 0.582. The summed E-state index contributed by atoms with van der Waals surface area (Å²) in [4.78, 5) is 25.8. The number of ether oxygens (including phenoxy) is 2. The zero-order chi connectivity index (χ0) is 20.8. The fourth-order valence-corrected chi connectivity index (χ4v) is 3.56. The number of esters is 1. The molecule has 1 heterocycles. The molecule has 1 amide bonds. The number of carbonyl (C=O) groups is 2. The highest BCUT2D eigenvalue weighted by molar-refractivity contribution is 7.17. The number of rotatable bonds is 7. The molecule has 150 valence electrons. The topological polar surface area (TPSA) is 64.6 Å². The first-order valence-electron chi connectivity index (χ1n) is 8.94. The lowest BCUT2D eigenvalue weighted by Gasteiger charge is -2.14. The summed E-state index contributed by atoms with van der Waals surface area (Å²) in [6.45, 7) is 1.78. The van der Waals surface area contributed by atoms with E-state index in [1.165, 1.54) is 30.4 Å². The first kappa shape index (κ1) is 20.5. The second-order valence-corrected chi connectivity index (χ2v) is 7.33. The van der Waals surface area contributed by atoms with Gasteiger partial charge in [0.15, 0.2) is 6.10 Å². The Labute approximate surface area is 172 Å². The molecule has 0 radical (unpaired) electrons. The molecule has 0 saturated carbocycles. The molecule has 0 saturated heterocycles. The Morgan fingerprint density at radius 1 is 1.07 bits per heavy atom. The predicted octanol–water partition coefficient (Wildman–Crippen LogP) is 4.42. The molecule has 3 aromatic rings. The van der Waals surface area contributed by atoms with Crippen molar-refractivity contribution in [3.05, 3.63) is 76.9 Å². The van der Waals surface area contributed by atoms with Crippen molar-refractivity contribution in [3.63, 3.8) is 0 Å². The maximum Gasteiger partial charge on any atom is 0.349 e. The van der Waals surface area contributed by atoms with Gasteiger partial charge in [0.1, 0.15) is 16.4 Å². The van der Waals surface area contributed by atoms with Gasteiger partial charge >= 0.3 is 5.97 Å². The van der Waals surface area contributed by atoms with Gasteiger partial charge in [-0.05, 0) is 42.8 Å². The summed E-state index contributed by atoms with van der Waals surface area (Å²) in [5.74, 6) is -0.634. The average Bonchev–Trinajstić information content (AvgIpc) is 3.23. The van der Waals surface area contributed by atoms with Gasteiger partial charge in [0.25, 0.3) is 5.91 Å². The number of methoxy groups -OCH3 is 1. The monoisotopic (exact) mass is 413 g/mol. The van der Waals surface area contributed by atoms with Crippen LogP contribution >= 0.6 is 11.3 Å². The van der Waals surface area contributed by atoms with Crippen molar-refractivity contribution in [2.75, 3.05) is 7.11 Å². The maximum absolute atomic E-state index is 13.1. The van der Waals surface area contributed by atoms with Gasteiger partial charge in [-0.2, -0.15) is 0 Å². The van der Waals surface area contributed by atoms with Crippen LogP contribution in [0.2, 0.25) is 0 Å². The Morgan fingerprint density at radius 3 is 2.52 bits per heavy atom. The van der Waals surface area contributed by atoms with Gasteiger partial charge in [0, 0.05) is 17.0 Å². The Morgan fingerprint density at radius 2 is 1.79 bits per heavy atom. The van der Waals surface area contributed by atoms with Crippen molar-refractivity contribution in [1.29, 1.82) is 0 Å². The molecule has 2 aromatic carbocycles. The third-order valence-corrected chi connectivity index (χ3v) is 5.35. The van der Waals surface area contributed by atoms with Crippen molar-refractivity contribution in [2.24, 2.45) is 0 Å². The Hall–Kier alpha value is -3.19. The Balaban J connectivity index is 1.57. The second-order valence-electron chi connectivity index (χ2n) is 6.25. The highest BCUT2D eigenvalue weighted by Crippen LogP contribution is 2.28. The molecule has 1 aromatic heterocycles. The van der Waals surface area contributed by atoms with Gasteiger partial charge in [-0.25, -0.2) is 9.18 Å². The minimum atomic E-state index is -0.950. The van der Waals surface area contributed by atoms with E-state index in [9.17, 15) is 14.0 Å². The summed E-state index contributed by atoms with van der Waals surface area (Å²) in [5, 5.41) is 2.74. The van der Waals surface area contributed by atoms with E-state index in [1.807, 2.05) is 18.2 Å². The Bertz CT molecular complexity index is 1000. The first-order valence-corrected chi connectivity index (χ1v) is 9.76. The average molecular weight is 413 g/mol. The summed E-state index contributed by atoms with van der Waals surface area (Å²) in [6, 6.07) is 16.8. The molecule has 0 fully saturated rings. The van der Waals surface area contributed by atoms with Gasteiger partial charge in [-0.3, -0.25) is 4.79 Å². The van der Waals surface area contributed by atoms with Gasteiger partial charge in [0.2, 0.25) is 0 Å². The van der Waals surface area contributed by atoms with Crippen LogP contribution in [0.1, 0.15) is 22.2 Å². The van der Waals surface area contributed by atoms with Crippen LogP contribution in [-0.2, 0) is 16.1 Å². The van der Waals surface area contributed by atoms with Gasteiger partial charge in [0.05, 0.1) is 7.11 Å². The lowest BCUT2D eigenvalue weighted by Crippen LogP contribution is -2.35. The minimum Gasteiger partial charge on any atom is -0.496 e. The highest BCUT2D eigenvalue weighted by atomic mass is 32.1. The number of amides is 1. The zero-order valence-electron chi connectivity index (χ0n) is 16.0. The minimum absolute atomic E-state index is 0.262. The molecule has 1 atom stereocenters. The number of halogens is 1. The number of thiophene rings is 1. The van der Waals surface area contributed by atoms with Crippen molar-refractivity contribution >= 4 is 23.2 Å². The summed E-state index contributed by atoms with van der Waals surface area (Å²) in [6.07, 6.45) is -0.950. The number of benzene rings is 2. The molecule has 29 heavy (non-hydrogen) atoms. The Kier molecular flexibility index (Phi) is 6.61. The standard InChI is InChI=1S/C22H20FNO4S/c1-14(21(25)24-13-16-5-3-4-6-18(16)27-2)28-22(26)20-12-11-19(29-20)15-7-9-17(23)10-8-15/h3-12,14H,13H2,1-2H3,(H,24,25)/t14-/m0/s1. The molecule has 0 aliphatic heterocycles. The van der Waals surface area contributed by atoms with E-state index in [-0.39, 0.29) is 12.4 Å². The third-order valence-electron chi connectivity index (χ3n) is 4.23. The summed E-state index contributed by atoms with van der Waals surface area (Å²) >= 11 is 1.22. The summed E-state index contributed by atoms with van der Waals surface area (Å²) in [7, 11) is 1.56. The van der Waals surface area contributed by atoms with Gasteiger partial charge in [-0.1, -0.05) is 30.3 Å². The molecule has 1 N–H and O–H groups in total. The fourth-order valence-electron chi connectivity index (χ4n) is 2.66. The predicted molar refractivity (Wildman–Crippen MR) is 109 cm³/mol. The van der Waals surface area contributed by atoms with E-state index in [2.05, 4.69) is 5.32 Å². The van der Waals surface area contributed by atoms with Gasteiger partial charge < -0.3 is 14.8 Å². The van der Waals surface area contributed by atoms with Crippen molar-refractivity contribution in [1.82, 2.24) is 5.32 Å². The van der Waals surface area contributed by atoms with Crippen molar-refractivity contribution in [3.8, 4) is 16.2 Å². The van der Waals surface area contributed by atoms with Crippen LogP contribution in [0.25, 0.3) is 10.4 Å². The first-order chi connectivity index (χ1) is 14.0. The van der Waals surface area contributed by atoms with Crippen LogP contribution in [0.5, 0.6) is 5.75 Å². The lowest BCUT2D eigenvalue weighted by molar-refractivity contribution is -0.129. The smallest absolute Gasteiger partial charge is 0.349 e. The molecule has 3 rings (SSSR count). The number of hydrogen-bond donors (Lipinski definition) is 1. The molecule has 0 bridgehead atoms. The van der Waals surface area contributed by atoms with E-state index in [0.717, 1.165) is 16.0 Å². The van der Waals surface area contributed by atoms with Crippen molar-refractivity contribution in [2.45, 2.75) is 19.6 Å². The number of carbonyl (C=O) groups excluding carboxylic acids is 2. The molecule has 0 aliphatic rings. The van der Waals surface area contributed by atoms with E-state index >= 15 is 0 Å². The van der Waals surface area contributed by atoms with Crippen molar-refractivity contribution < 1.29 is 23.5 Å². The van der Waals surface area contributed by atoms with Crippen LogP contribution in [0.15, 0.2) is 60.7 Å². The van der Waals surface area contributed by atoms with Crippen LogP contribution in [0.4, 0.5) is 4.39 Å². The van der Waals surface area contributed by atoms with Gasteiger partial charge in [-0.15, -0.1) is 11.3 Å². The third kappa shape index (κ3) is 5.20.